The van der Waals surface area contributed by atoms with Crippen molar-refractivity contribution in [2.24, 2.45) is 0 Å². The minimum Gasteiger partial charge on any atom is -0.258 e. The lowest BCUT2D eigenvalue weighted by molar-refractivity contribution is -0.387. The van der Waals surface area contributed by atoms with Gasteiger partial charge in [0, 0.05) is 19.0 Å². The minimum atomic E-state index is -4.00. The van der Waals surface area contributed by atoms with Crippen LogP contribution in [-0.2, 0) is 10.0 Å². The first-order valence-electron chi connectivity index (χ1n) is 5.10. The Kier molecular flexibility index (Phi) is 4.52. The van der Waals surface area contributed by atoms with E-state index in [1.165, 1.54) is 6.92 Å². The van der Waals surface area contributed by atoms with Gasteiger partial charge in [-0.1, -0.05) is 0 Å². The number of nitriles is 1. The van der Waals surface area contributed by atoms with Gasteiger partial charge in [-0.3, -0.25) is 10.1 Å². The molecule has 0 aliphatic heterocycles. The highest BCUT2D eigenvalue weighted by Crippen LogP contribution is 2.24. The van der Waals surface area contributed by atoms with Crippen molar-refractivity contribution in [2.45, 2.75) is 18.2 Å². The Labute approximate surface area is 108 Å². The van der Waals surface area contributed by atoms with Crippen LogP contribution in [0.15, 0.2) is 17.0 Å². The molecule has 0 aromatic heterocycles. The Bertz CT molecular complexity index is 651. The highest BCUT2D eigenvalue weighted by atomic mass is 32.2. The van der Waals surface area contributed by atoms with Crippen molar-refractivity contribution in [3.8, 4) is 6.07 Å². The Balaban J connectivity index is 3.22. The molecule has 0 aliphatic carbocycles. The lowest BCUT2D eigenvalue weighted by atomic mass is 10.2. The molecule has 0 aliphatic rings. The van der Waals surface area contributed by atoms with E-state index in [9.17, 15) is 22.9 Å². The van der Waals surface area contributed by atoms with Crippen LogP contribution in [0, 0.1) is 34.2 Å². The number of nitro benzene ring substituents is 1. The predicted molar refractivity (Wildman–Crippen MR) is 63.2 cm³/mol. The van der Waals surface area contributed by atoms with E-state index in [2.05, 4.69) is 4.72 Å². The van der Waals surface area contributed by atoms with Crippen LogP contribution in [0.3, 0.4) is 0 Å². The fourth-order valence-corrected chi connectivity index (χ4v) is 2.47. The molecular weight excluding hydrogens is 277 g/mol. The average molecular weight is 287 g/mol. The van der Waals surface area contributed by atoms with E-state index >= 15 is 0 Å². The van der Waals surface area contributed by atoms with Crippen molar-refractivity contribution >= 4 is 15.7 Å². The van der Waals surface area contributed by atoms with Gasteiger partial charge in [-0.15, -0.1) is 0 Å². The Hall–Kier alpha value is -2.05. The number of rotatable bonds is 5. The molecule has 7 nitrogen and oxygen atoms in total. The van der Waals surface area contributed by atoms with Gasteiger partial charge >= 0.3 is 5.69 Å². The number of nitro groups is 1. The molecule has 0 heterocycles. The molecule has 0 radical (unpaired) electrons. The summed E-state index contributed by atoms with van der Waals surface area (Å²) in [6.45, 7) is 1.11. The van der Waals surface area contributed by atoms with E-state index in [1.807, 2.05) is 0 Å². The molecule has 1 N–H and O–H groups in total. The second-order valence-electron chi connectivity index (χ2n) is 3.64. The van der Waals surface area contributed by atoms with Crippen LogP contribution in [0.1, 0.15) is 12.0 Å². The fraction of sp³-hybridized carbons (Fsp3) is 0.300. The first kappa shape index (κ1) is 15.0. The lowest BCUT2D eigenvalue weighted by Crippen LogP contribution is -2.24. The number of hydrogen-bond acceptors (Lipinski definition) is 5. The van der Waals surface area contributed by atoms with Crippen molar-refractivity contribution < 1.29 is 17.7 Å². The van der Waals surface area contributed by atoms with E-state index in [0.29, 0.717) is 6.07 Å². The highest BCUT2D eigenvalue weighted by Gasteiger charge is 2.23. The van der Waals surface area contributed by atoms with Gasteiger partial charge < -0.3 is 0 Å². The molecule has 1 rings (SSSR count). The molecule has 0 fully saturated rings. The van der Waals surface area contributed by atoms with Crippen molar-refractivity contribution in [1.82, 2.24) is 4.72 Å². The van der Waals surface area contributed by atoms with E-state index in [1.54, 1.807) is 6.07 Å². The molecule has 1 aromatic carbocycles. The highest BCUT2D eigenvalue weighted by molar-refractivity contribution is 7.89. The maximum absolute atomic E-state index is 13.4. The van der Waals surface area contributed by atoms with Crippen LogP contribution < -0.4 is 4.72 Å². The molecule has 19 heavy (non-hydrogen) atoms. The third kappa shape index (κ3) is 3.46. The summed E-state index contributed by atoms with van der Waals surface area (Å²) in [5, 5.41) is 18.9. The third-order valence-electron chi connectivity index (χ3n) is 2.24. The second-order valence-corrected chi connectivity index (χ2v) is 5.40. The van der Waals surface area contributed by atoms with E-state index in [-0.39, 0.29) is 18.5 Å². The summed E-state index contributed by atoms with van der Waals surface area (Å²) in [6.07, 6.45) is -0.0402. The number of nitrogens with zero attached hydrogens (tertiary/aromatic N) is 2. The van der Waals surface area contributed by atoms with Crippen LogP contribution in [0.25, 0.3) is 0 Å². The molecule has 0 spiro atoms. The van der Waals surface area contributed by atoms with Gasteiger partial charge in [0.25, 0.3) is 0 Å². The van der Waals surface area contributed by atoms with E-state index in [4.69, 9.17) is 5.26 Å². The summed E-state index contributed by atoms with van der Waals surface area (Å²) in [7, 11) is -4.00. The van der Waals surface area contributed by atoms with Crippen molar-refractivity contribution in [3.63, 3.8) is 0 Å². The SMILES string of the molecule is Cc1cc(S(=O)(=O)NCCC#N)cc([N+](=O)[O-])c1F. The van der Waals surface area contributed by atoms with E-state index < -0.39 is 31.3 Å². The molecule has 0 saturated heterocycles. The monoisotopic (exact) mass is 287 g/mol. The fourth-order valence-electron chi connectivity index (χ4n) is 1.33. The normalized spacial score (nSPS) is 11.0. The first-order valence-corrected chi connectivity index (χ1v) is 6.59. The van der Waals surface area contributed by atoms with Gasteiger partial charge in [0.05, 0.1) is 15.9 Å². The second kappa shape index (κ2) is 5.73. The zero-order valence-electron chi connectivity index (χ0n) is 9.88. The number of benzene rings is 1. The molecule has 0 bridgehead atoms. The van der Waals surface area contributed by atoms with Gasteiger partial charge in [-0.05, 0) is 18.6 Å². The molecule has 0 atom stereocenters. The largest absolute Gasteiger partial charge is 0.306 e. The molecule has 102 valence electrons. The smallest absolute Gasteiger partial charge is 0.258 e. The Morgan fingerprint density at radius 1 is 1.53 bits per heavy atom. The van der Waals surface area contributed by atoms with Gasteiger partial charge in [0.2, 0.25) is 15.8 Å². The number of sulfonamides is 1. The number of hydrogen-bond donors (Lipinski definition) is 1. The summed E-state index contributed by atoms with van der Waals surface area (Å²) >= 11 is 0. The summed E-state index contributed by atoms with van der Waals surface area (Å²) in [5.41, 5.74) is -1.05. The van der Waals surface area contributed by atoms with Crippen LogP contribution in [0.2, 0.25) is 0 Å². The van der Waals surface area contributed by atoms with Crippen LogP contribution >= 0.6 is 0 Å². The van der Waals surface area contributed by atoms with Crippen LogP contribution in [0.5, 0.6) is 0 Å². The summed E-state index contributed by atoms with van der Waals surface area (Å²) in [6, 6.07) is 3.39. The standard InChI is InChI=1S/C10H10FN3O4S/c1-7-5-8(6-9(10(7)11)14(15)16)19(17,18)13-4-2-3-12/h5-6,13H,2,4H2,1H3. The third-order valence-corrected chi connectivity index (χ3v) is 3.69. The maximum atomic E-state index is 13.4. The summed E-state index contributed by atoms with van der Waals surface area (Å²) in [5.74, 6) is -1.07. The minimum absolute atomic E-state index is 0.0402. The zero-order chi connectivity index (χ0) is 14.6. The van der Waals surface area contributed by atoms with E-state index in [0.717, 1.165) is 6.07 Å². The molecule has 0 amide bonds. The Morgan fingerprint density at radius 3 is 2.68 bits per heavy atom. The van der Waals surface area contributed by atoms with Crippen molar-refractivity contribution in [3.05, 3.63) is 33.6 Å². The average Bonchev–Trinajstić information content (AvgIpc) is 2.32. The molecule has 0 unspecified atom stereocenters. The van der Waals surface area contributed by atoms with Gasteiger partial charge in [0.15, 0.2) is 0 Å². The van der Waals surface area contributed by atoms with Crippen LogP contribution in [-0.4, -0.2) is 19.9 Å². The first-order chi connectivity index (χ1) is 8.79. The topological polar surface area (TPSA) is 113 Å². The maximum Gasteiger partial charge on any atom is 0.306 e. The lowest BCUT2D eigenvalue weighted by Gasteiger charge is -2.07. The van der Waals surface area contributed by atoms with Gasteiger partial charge in [0.1, 0.15) is 0 Å². The number of aryl methyl sites for hydroxylation is 1. The molecular formula is C10H10FN3O4S. The molecule has 1 aromatic rings. The Morgan fingerprint density at radius 2 is 2.16 bits per heavy atom. The number of nitrogens with one attached hydrogen (secondary N) is 1. The summed E-state index contributed by atoms with van der Waals surface area (Å²) < 4.78 is 39.1. The van der Waals surface area contributed by atoms with Crippen LogP contribution in [0.4, 0.5) is 10.1 Å². The number of halogens is 1. The summed E-state index contributed by atoms with van der Waals surface area (Å²) in [4.78, 5) is 9.22. The predicted octanol–water partition coefficient (Wildman–Crippen LogP) is 1.23. The van der Waals surface area contributed by atoms with Crippen molar-refractivity contribution in [2.75, 3.05) is 6.54 Å². The van der Waals surface area contributed by atoms with Gasteiger partial charge in [-0.25, -0.2) is 13.1 Å². The molecule has 0 saturated carbocycles. The zero-order valence-corrected chi connectivity index (χ0v) is 10.7. The quantitative estimate of drug-likeness (QED) is 0.497. The van der Waals surface area contributed by atoms with Crippen molar-refractivity contribution in [1.29, 1.82) is 5.26 Å². The molecule has 9 heteroatoms. The van der Waals surface area contributed by atoms with Gasteiger partial charge in [-0.2, -0.15) is 9.65 Å².